The number of carbonyl (C=O) groups is 2. The van der Waals surface area contributed by atoms with Gasteiger partial charge in [-0.1, -0.05) is 35.9 Å². The first kappa shape index (κ1) is 25.5. The van der Waals surface area contributed by atoms with Crippen LogP contribution in [0.3, 0.4) is 0 Å². The van der Waals surface area contributed by atoms with Crippen molar-refractivity contribution in [3.05, 3.63) is 88.6 Å². The topological polar surface area (TPSA) is 113 Å². The highest BCUT2D eigenvalue weighted by Crippen LogP contribution is 2.38. The van der Waals surface area contributed by atoms with Crippen LogP contribution >= 0.6 is 11.6 Å². The van der Waals surface area contributed by atoms with Gasteiger partial charge in [-0.05, 0) is 48.9 Å². The maximum Gasteiger partial charge on any atom is 0.573 e. The molecule has 0 saturated heterocycles. The van der Waals surface area contributed by atoms with E-state index in [1.807, 2.05) is 0 Å². The Balaban J connectivity index is 1.68. The zero-order valence-corrected chi connectivity index (χ0v) is 19.6. The van der Waals surface area contributed by atoms with Gasteiger partial charge in [-0.25, -0.2) is 13.3 Å². The first-order valence-corrected chi connectivity index (χ1v) is 12.1. The first-order valence-electron chi connectivity index (χ1n) is 10.2. The molecule has 188 valence electrons. The number of carbonyl (C=O) groups excluding carboxylic acids is 2. The van der Waals surface area contributed by atoms with Gasteiger partial charge in [0.15, 0.2) is 0 Å². The monoisotopic (exact) mass is 540 g/mol. The molecule has 0 radical (unpaired) electrons. The minimum atomic E-state index is -4.95. The number of aliphatic hydroxyl groups is 1. The van der Waals surface area contributed by atoms with Crippen LogP contribution in [0.2, 0.25) is 5.02 Å². The van der Waals surface area contributed by atoms with E-state index >= 15 is 0 Å². The fourth-order valence-electron chi connectivity index (χ4n) is 3.57. The van der Waals surface area contributed by atoms with Gasteiger partial charge in [-0.15, -0.1) is 13.2 Å². The van der Waals surface area contributed by atoms with E-state index in [1.54, 1.807) is 6.08 Å². The molecule has 0 bridgehead atoms. The van der Waals surface area contributed by atoms with Gasteiger partial charge in [0, 0.05) is 5.70 Å². The predicted molar refractivity (Wildman–Crippen MR) is 123 cm³/mol. The van der Waals surface area contributed by atoms with E-state index < -0.39 is 44.9 Å². The van der Waals surface area contributed by atoms with E-state index in [-0.39, 0.29) is 34.0 Å². The summed E-state index contributed by atoms with van der Waals surface area (Å²) in [6.45, 7) is 0. The van der Waals surface area contributed by atoms with Crippen molar-refractivity contribution in [2.24, 2.45) is 0 Å². The number of hydrogen-bond acceptors (Lipinski definition) is 6. The number of fused-ring (bicyclic) bond motifs is 1. The maximum absolute atomic E-state index is 13.3. The number of halogens is 4. The SMILES string of the molecule is O=C1c2c(Cl)ccc(NS(=O)(=O)c3ccc(OC(F)(F)F)cc3)c2C(=O)N1C1=CCC(O)C=CC=C1. The van der Waals surface area contributed by atoms with E-state index in [0.717, 1.165) is 29.2 Å². The molecule has 1 aliphatic carbocycles. The lowest BCUT2D eigenvalue weighted by atomic mass is 10.1. The lowest BCUT2D eigenvalue weighted by Gasteiger charge is -2.17. The molecule has 8 nitrogen and oxygen atoms in total. The summed E-state index contributed by atoms with van der Waals surface area (Å²) in [5.74, 6) is -2.26. The van der Waals surface area contributed by atoms with Gasteiger partial charge in [0.25, 0.3) is 21.8 Å². The lowest BCUT2D eigenvalue weighted by molar-refractivity contribution is -0.274. The molecule has 1 unspecified atom stereocenters. The molecular weight excluding hydrogens is 525 g/mol. The molecule has 0 fully saturated rings. The first-order chi connectivity index (χ1) is 16.9. The number of ether oxygens (including phenoxy) is 1. The number of nitrogens with one attached hydrogen (secondary N) is 1. The Morgan fingerprint density at radius 2 is 1.69 bits per heavy atom. The quantitative estimate of drug-likeness (QED) is 0.544. The summed E-state index contributed by atoms with van der Waals surface area (Å²) in [6, 6.07) is 5.86. The number of rotatable bonds is 5. The number of aliphatic hydroxyl groups excluding tert-OH is 1. The van der Waals surface area contributed by atoms with E-state index in [2.05, 4.69) is 9.46 Å². The number of benzene rings is 2. The fraction of sp³-hybridized carbons (Fsp3) is 0.130. The Morgan fingerprint density at radius 3 is 2.36 bits per heavy atom. The highest BCUT2D eigenvalue weighted by molar-refractivity contribution is 7.92. The Morgan fingerprint density at radius 1 is 1.03 bits per heavy atom. The second-order valence-electron chi connectivity index (χ2n) is 7.59. The Labute approximate surface area is 208 Å². The highest BCUT2D eigenvalue weighted by Gasteiger charge is 2.41. The third-order valence-electron chi connectivity index (χ3n) is 5.14. The van der Waals surface area contributed by atoms with Crippen LogP contribution in [0.15, 0.2) is 77.4 Å². The Bertz CT molecular complexity index is 1430. The average Bonchev–Trinajstić information content (AvgIpc) is 3.04. The van der Waals surface area contributed by atoms with Crippen molar-refractivity contribution in [2.75, 3.05) is 4.72 Å². The minimum absolute atomic E-state index is 0.0854. The third kappa shape index (κ3) is 5.15. The predicted octanol–water partition coefficient (Wildman–Crippen LogP) is 4.40. The summed E-state index contributed by atoms with van der Waals surface area (Å²) in [4.78, 5) is 26.8. The molecule has 13 heteroatoms. The van der Waals surface area contributed by atoms with Gasteiger partial charge in [-0.3, -0.25) is 14.3 Å². The van der Waals surface area contributed by atoms with Crippen molar-refractivity contribution in [1.29, 1.82) is 0 Å². The molecule has 1 heterocycles. The smallest absolute Gasteiger partial charge is 0.406 e. The van der Waals surface area contributed by atoms with Crippen molar-refractivity contribution >= 4 is 39.1 Å². The van der Waals surface area contributed by atoms with Gasteiger partial charge in [0.1, 0.15) is 5.75 Å². The van der Waals surface area contributed by atoms with Crippen molar-refractivity contribution in [2.45, 2.75) is 23.8 Å². The fourth-order valence-corrected chi connectivity index (χ4v) is 4.88. The van der Waals surface area contributed by atoms with Gasteiger partial charge in [-0.2, -0.15) is 0 Å². The molecule has 0 aromatic heterocycles. The van der Waals surface area contributed by atoms with Gasteiger partial charge < -0.3 is 9.84 Å². The van der Waals surface area contributed by atoms with Crippen LogP contribution in [0.5, 0.6) is 5.75 Å². The number of nitrogens with zero attached hydrogens (tertiary/aromatic N) is 1. The zero-order chi connectivity index (χ0) is 26.3. The van der Waals surface area contributed by atoms with E-state index in [0.29, 0.717) is 0 Å². The lowest BCUT2D eigenvalue weighted by Crippen LogP contribution is -2.29. The van der Waals surface area contributed by atoms with Gasteiger partial charge >= 0.3 is 6.36 Å². The molecule has 0 spiro atoms. The molecule has 1 atom stereocenters. The second kappa shape index (κ2) is 9.45. The summed E-state index contributed by atoms with van der Waals surface area (Å²) in [5.41, 5.74) is -0.597. The van der Waals surface area contributed by atoms with E-state index in [9.17, 15) is 36.3 Å². The molecular formula is C23H16ClF3N2O6S. The maximum atomic E-state index is 13.3. The Kier molecular flexibility index (Phi) is 6.69. The molecule has 2 N–H and O–H groups in total. The van der Waals surface area contributed by atoms with Crippen LogP contribution in [0.1, 0.15) is 27.1 Å². The molecule has 36 heavy (non-hydrogen) atoms. The number of sulfonamides is 1. The van der Waals surface area contributed by atoms with Crippen molar-refractivity contribution in [1.82, 2.24) is 4.90 Å². The number of imide groups is 1. The number of alkyl halides is 3. The van der Waals surface area contributed by atoms with Crippen LogP contribution in [0.25, 0.3) is 0 Å². The molecule has 0 saturated carbocycles. The van der Waals surface area contributed by atoms with Crippen LogP contribution < -0.4 is 9.46 Å². The standard InChI is InChI=1S/C23H16ClF3N2O6S/c24-17-11-12-18(28-36(33,34)16-9-7-15(8-10-16)35-23(25,26)27)20-19(17)21(31)29(22(20)32)13-3-1-2-4-14(30)6-5-13/h1-5,7-12,14,28,30H,6H2. The molecule has 2 aromatic carbocycles. The van der Waals surface area contributed by atoms with Crippen molar-refractivity contribution in [3.8, 4) is 5.75 Å². The summed E-state index contributed by atoms with van der Waals surface area (Å²) in [7, 11) is -4.39. The van der Waals surface area contributed by atoms with Crippen LogP contribution in [0.4, 0.5) is 18.9 Å². The van der Waals surface area contributed by atoms with Crippen molar-refractivity contribution < 1.29 is 41.0 Å². The molecule has 2 amide bonds. The number of anilines is 1. The van der Waals surface area contributed by atoms with Crippen LogP contribution in [-0.4, -0.2) is 42.7 Å². The summed E-state index contributed by atoms with van der Waals surface area (Å²) in [6.07, 6.45) is 1.89. The van der Waals surface area contributed by atoms with Crippen molar-refractivity contribution in [3.63, 3.8) is 0 Å². The number of allylic oxidation sites excluding steroid dienone is 3. The molecule has 1 aliphatic heterocycles. The molecule has 2 aromatic rings. The second-order valence-corrected chi connectivity index (χ2v) is 9.68. The van der Waals surface area contributed by atoms with Crippen LogP contribution in [0, 0.1) is 0 Å². The zero-order valence-electron chi connectivity index (χ0n) is 18.0. The molecule has 4 rings (SSSR count). The summed E-state index contributed by atoms with van der Waals surface area (Å²) in [5, 5.41) is 9.78. The minimum Gasteiger partial charge on any atom is -0.406 e. The van der Waals surface area contributed by atoms with E-state index in [4.69, 9.17) is 11.6 Å². The molecule has 2 aliphatic rings. The van der Waals surface area contributed by atoms with Crippen LogP contribution in [-0.2, 0) is 10.0 Å². The summed E-state index contributed by atoms with van der Waals surface area (Å²) >= 11 is 6.17. The number of amides is 2. The highest BCUT2D eigenvalue weighted by atomic mass is 35.5. The van der Waals surface area contributed by atoms with E-state index in [1.165, 1.54) is 36.4 Å². The van der Waals surface area contributed by atoms with Gasteiger partial charge in [0.2, 0.25) is 0 Å². The normalized spacial score (nSPS) is 18.0. The largest absolute Gasteiger partial charge is 0.573 e. The number of hydrogen-bond donors (Lipinski definition) is 2. The summed E-state index contributed by atoms with van der Waals surface area (Å²) < 4.78 is 68.8. The Hall–Kier alpha value is -3.61. The third-order valence-corrected chi connectivity index (χ3v) is 6.83. The average molecular weight is 541 g/mol. The van der Waals surface area contributed by atoms with Gasteiger partial charge in [0.05, 0.1) is 32.8 Å².